The summed E-state index contributed by atoms with van der Waals surface area (Å²) in [6, 6.07) is 5.87. The van der Waals surface area contributed by atoms with Crippen molar-refractivity contribution in [1.82, 2.24) is 9.97 Å². The molecule has 1 aromatic carbocycles. The zero-order valence-corrected chi connectivity index (χ0v) is 10.2. The molecular formula is C11H12BrN3O. The van der Waals surface area contributed by atoms with Crippen LogP contribution >= 0.6 is 15.9 Å². The number of nitrogens with zero attached hydrogens (tertiary/aromatic N) is 2. The summed E-state index contributed by atoms with van der Waals surface area (Å²) in [5, 5.41) is 12.7. The van der Waals surface area contributed by atoms with Crippen molar-refractivity contribution in [2.24, 2.45) is 0 Å². The van der Waals surface area contributed by atoms with Crippen molar-refractivity contribution >= 4 is 32.8 Å². The lowest BCUT2D eigenvalue weighted by molar-refractivity contribution is 0.292. The predicted molar refractivity (Wildman–Crippen MR) is 67.4 cm³/mol. The van der Waals surface area contributed by atoms with Gasteiger partial charge < -0.3 is 10.4 Å². The van der Waals surface area contributed by atoms with E-state index in [4.69, 9.17) is 5.11 Å². The second-order valence-electron chi connectivity index (χ2n) is 3.40. The normalized spacial score (nSPS) is 10.6. The van der Waals surface area contributed by atoms with Crippen LogP contribution in [0, 0.1) is 0 Å². The molecule has 2 N–H and O–H groups in total. The van der Waals surface area contributed by atoms with E-state index in [0.29, 0.717) is 18.9 Å². The van der Waals surface area contributed by atoms with Crippen LogP contribution in [0.1, 0.15) is 6.42 Å². The minimum absolute atomic E-state index is 0.174. The molecule has 0 aliphatic heterocycles. The summed E-state index contributed by atoms with van der Waals surface area (Å²) in [6.45, 7) is 0.853. The fourth-order valence-corrected chi connectivity index (χ4v) is 1.75. The molecule has 0 amide bonds. The number of aliphatic hydroxyl groups excluding tert-OH is 1. The Morgan fingerprint density at radius 2 is 2.25 bits per heavy atom. The van der Waals surface area contributed by atoms with Gasteiger partial charge in [-0.3, -0.25) is 0 Å². The van der Waals surface area contributed by atoms with Crippen molar-refractivity contribution in [2.75, 3.05) is 18.5 Å². The van der Waals surface area contributed by atoms with Crippen LogP contribution in [-0.2, 0) is 0 Å². The molecule has 0 unspecified atom stereocenters. The summed E-state index contributed by atoms with van der Waals surface area (Å²) in [5.74, 6) is 0.600. The Labute approximate surface area is 102 Å². The van der Waals surface area contributed by atoms with Crippen LogP contribution in [0.2, 0.25) is 0 Å². The van der Waals surface area contributed by atoms with Crippen molar-refractivity contribution in [2.45, 2.75) is 6.42 Å². The highest BCUT2D eigenvalue weighted by atomic mass is 79.9. The maximum atomic E-state index is 8.66. The van der Waals surface area contributed by atoms with E-state index in [9.17, 15) is 0 Å². The van der Waals surface area contributed by atoms with Gasteiger partial charge in [-0.05, 0) is 24.6 Å². The fourth-order valence-electron chi connectivity index (χ4n) is 1.37. The lowest BCUT2D eigenvalue weighted by Crippen LogP contribution is -2.06. The Morgan fingerprint density at radius 3 is 3.06 bits per heavy atom. The number of hydrogen-bond acceptors (Lipinski definition) is 4. The van der Waals surface area contributed by atoms with Crippen LogP contribution in [0.4, 0.5) is 5.95 Å². The number of fused-ring (bicyclic) bond motifs is 1. The molecule has 0 aliphatic carbocycles. The molecule has 1 aromatic heterocycles. The van der Waals surface area contributed by atoms with Gasteiger partial charge in [0.05, 0.1) is 5.52 Å². The molecule has 0 radical (unpaired) electrons. The largest absolute Gasteiger partial charge is 0.396 e. The first kappa shape index (κ1) is 11.3. The molecule has 1 heterocycles. The van der Waals surface area contributed by atoms with Crippen molar-refractivity contribution < 1.29 is 5.11 Å². The highest BCUT2D eigenvalue weighted by Gasteiger charge is 1.99. The molecule has 84 valence electrons. The van der Waals surface area contributed by atoms with Gasteiger partial charge in [-0.25, -0.2) is 9.97 Å². The van der Waals surface area contributed by atoms with Gasteiger partial charge >= 0.3 is 0 Å². The number of rotatable bonds is 4. The second-order valence-corrected chi connectivity index (χ2v) is 4.32. The average Bonchev–Trinajstić information content (AvgIpc) is 2.29. The Hall–Kier alpha value is -1.20. The highest BCUT2D eigenvalue weighted by Crippen LogP contribution is 2.18. The lowest BCUT2D eigenvalue weighted by Gasteiger charge is -2.04. The minimum atomic E-state index is 0.174. The van der Waals surface area contributed by atoms with Crippen LogP contribution in [-0.4, -0.2) is 28.2 Å². The molecule has 0 spiro atoms. The predicted octanol–water partition coefficient (Wildman–Crippen LogP) is 2.19. The standard InChI is InChI=1S/C11H12BrN3O/c12-9-2-3-10-8(6-9)7-14-11(15-10)13-4-1-5-16/h2-3,6-7,16H,1,4-5H2,(H,13,14,15). The van der Waals surface area contributed by atoms with Gasteiger partial charge in [0.25, 0.3) is 0 Å². The van der Waals surface area contributed by atoms with Gasteiger partial charge in [0.1, 0.15) is 0 Å². The van der Waals surface area contributed by atoms with E-state index >= 15 is 0 Å². The SMILES string of the molecule is OCCCNc1ncc2cc(Br)ccc2n1. The molecule has 4 nitrogen and oxygen atoms in total. The van der Waals surface area contributed by atoms with E-state index in [0.717, 1.165) is 15.4 Å². The molecule has 0 aliphatic rings. The molecule has 5 heteroatoms. The Kier molecular flexibility index (Phi) is 3.69. The summed E-state index contributed by atoms with van der Waals surface area (Å²) in [4.78, 5) is 8.56. The quantitative estimate of drug-likeness (QED) is 0.844. The summed E-state index contributed by atoms with van der Waals surface area (Å²) in [6.07, 6.45) is 2.48. The fraction of sp³-hybridized carbons (Fsp3) is 0.273. The minimum Gasteiger partial charge on any atom is -0.396 e. The first-order chi connectivity index (χ1) is 7.79. The van der Waals surface area contributed by atoms with Crippen LogP contribution in [0.3, 0.4) is 0 Å². The molecule has 0 bridgehead atoms. The summed E-state index contributed by atoms with van der Waals surface area (Å²) in [7, 11) is 0. The summed E-state index contributed by atoms with van der Waals surface area (Å²) >= 11 is 3.40. The van der Waals surface area contributed by atoms with E-state index in [1.165, 1.54) is 0 Å². The first-order valence-corrected chi connectivity index (χ1v) is 5.86. The maximum Gasteiger partial charge on any atom is 0.223 e. The van der Waals surface area contributed by atoms with Crippen LogP contribution in [0.5, 0.6) is 0 Å². The molecular weight excluding hydrogens is 270 g/mol. The van der Waals surface area contributed by atoms with Crippen LogP contribution in [0.25, 0.3) is 10.9 Å². The molecule has 2 rings (SSSR count). The van der Waals surface area contributed by atoms with Gasteiger partial charge in [-0.15, -0.1) is 0 Å². The second kappa shape index (κ2) is 5.23. The third-order valence-electron chi connectivity index (χ3n) is 2.16. The number of anilines is 1. The van der Waals surface area contributed by atoms with Crippen LogP contribution in [0.15, 0.2) is 28.9 Å². The molecule has 0 saturated carbocycles. The highest BCUT2D eigenvalue weighted by molar-refractivity contribution is 9.10. The number of aliphatic hydroxyl groups is 1. The van der Waals surface area contributed by atoms with Crippen molar-refractivity contribution in [1.29, 1.82) is 0 Å². The van der Waals surface area contributed by atoms with Gasteiger partial charge in [-0.2, -0.15) is 0 Å². The monoisotopic (exact) mass is 281 g/mol. The molecule has 2 aromatic rings. The lowest BCUT2D eigenvalue weighted by atomic mass is 10.2. The van der Waals surface area contributed by atoms with E-state index in [1.807, 2.05) is 18.2 Å². The maximum absolute atomic E-state index is 8.66. The van der Waals surface area contributed by atoms with Crippen molar-refractivity contribution in [3.63, 3.8) is 0 Å². The molecule has 16 heavy (non-hydrogen) atoms. The topological polar surface area (TPSA) is 58.0 Å². The van der Waals surface area contributed by atoms with E-state index < -0.39 is 0 Å². The Morgan fingerprint density at radius 1 is 1.38 bits per heavy atom. The number of aromatic nitrogens is 2. The zero-order chi connectivity index (χ0) is 11.4. The Balaban J connectivity index is 2.20. The molecule has 0 fully saturated rings. The number of halogens is 1. The van der Waals surface area contributed by atoms with E-state index in [-0.39, 0.29) is 6.61 Å². The summed E-state index contributed by atoms with van der Waals surface area (Å²) in [5.41, 5.74) is 0.907. The van der Waals surface area contributed by atoms with Gasteiger partial charge in [0.15, 0.2) is 0 Å². The van der Waals surface area contributed by atoms with Crippen LogP contribution < -0.4 is 5.32 Å². The van der Waals surface area contributed by atoms with Gasteiger partial charge in [-0.1, -0.05) is 15.9 Å². The van der Waals surface area contributed by atoms with E-state index in [2.05, 4.69) is 31.2 Å². The smallest absolute Gasteiger partial charge is 0.223 e. The summed E-state index contributed by atoms with van der Waals surface area (Å²) < 4.78 is 1.02. The third-order valence-corrected chi connectivity index (χ3v) is 2.65. The Bertz CT molecular complexity index is 490. The first-order valence-electron chi connectivity index (χ1n) is 5.06. The van der Waals surface area contributed by atoms with Crippen molar-refractivity contribution in [3.8, 4) is 0 Å². The van der Waals surface area contributed by atoms with E-state index in [1.54, 1.807) is 6.20 Å². The average molecular weight is 282 g/mol. The number of nitrogens with one attached hydrogen (secondary N) is 1. The zero-order valence-electron chi connectivity index (χ0n) is 8.65. The molecule has 0 atom stereocenters. The number of hydrogen-bond donors (Lipinski definition) is 2. The van der Waals surface area contributed by atoms with Gasteiger partial charge in [0, 0.05) is 29.2 Å². The van der Waals surface area contributed by atoms with Gasteiger partial charge in [0.2, 0.25) is 5.95 Å². The number of benzene rings is 1. The molecule has 0 saturated heterocycles. The van der Waals surface area contributed by atoms with Crippen molar-refractivity contribution in [3.05, 3.63) is 28.9 Å². The third kappa shape index (κ3) is 2.68.